The summed E-state index contributed by atoms with van der Waals surface area (Å²) < 4.78 is 80.7. The summed E-state index contributed by atoms with van der Waals surface area (Å²) in [6.45, 7) is -0.876. The van der Waals surface area contributed by atoms with Crippen LogP contribution in [0.5, 0.6) is 0 Å². The van der Waals surface area contributed by atoms with Crippen molar-refractivity contribution in [2.75, 3.05) is 11.9 Å². The van der Waals surface area contributed by atoms with Gasteiger partial charge in [-0.1, -0.05) is 23.7 Å². The van der Waals surface area contributed by atoms with E-state index in [9.17, 15) is 35.9 Å². The number of imidazole rings is 1. The average Bonchev–Trinajstić information content (AvgIpc) is 3.23. The standard InChI is InChI=1S/C28H25ClF6N6O2/c29-17-11-20(24(37-12-17)28(33,34)35)25(42)39-18-7-5-16(6-8-18)14-40-21-3-1-2-4-22(21)41(26(40)43)19-9-10-23(36-13-19)38-15-27(30,31)32/h1-4,9-13,16,18H,5-8,14-15H2,(H,36,38)(H,39,42)/t16-,18-. The molecule has 228 valence electrons. The molecular weight excluding hydrogens is 602 g/mol. The van der Waals surface area contributed by atoms with Crippen molar-refractivity contribution >= 4 is 34.4 Å². The first-order valence-corrected chi connectivity index (χ1v) is 13.7. The van der Waals surface area contributed by atoms with Crippen LogP contribution in [-0.4, -0.2) is 43.8 Å². The lowest BCUT2D eigenvalue weighted by atomic mass is 9.85. The second kappa shape index (κ2) is 11.9. The van der Waals surface area contributed by atoms with E-state index in [0.717, 1.165) is 12.3 Å². The number of para-hydroxylation sites is 2. The van der Waals surface area contributed by atoms with Crippen molar-refractivity contribution in [1.29, 1.82) is 0 Å². The number of carbonyl (C=O) groups excluding carboxylic acids is 1. The van der Waals surface area contributed by atoms with E-state index in [1.807, 2.05) is 0 Å². The van der Waals surface area contributed by atoms with E-state index < -0.39 is 36.1 Å². The zero-order valence-corrected chi connectivity index (χ0v) is 23.1. The summed E-state index contributed by atoms with van der Waals surface area (Å²) in [5, 5.41) is 4.77. The van der Waals surface area contributed by atoms with Gasteiger partial charge in [-0.3, -0.25) is 13.9 Å². The molecule has 15 heteroatoms. The van der Waals surface area contributed by atoms with Crippen molar-refractivity contribution in [2.24, 2.45) is 5.92 Å². The predicted octanol–water partition coefficient (Wildman–Crippen LogP) is 6.22. The normalized spacial score (nSPS) is 17.7. The first kappa shape index (κ1) is 30.4. The molecule has 0 saturated heterocycles. The van der Waals surface area contributed by atoms with Crippen molar-refractivity contribution in [1.82, 2.24) is 24.4 Å². The van der Waals surface area contributed by atoms with Crippen LogP contribution in [0.3, 0.4) is 0 Å². The maximum Gasteiger partial charge on any atom is 0.434 e. The molecule has 3 heterocycles. The van der Waals surface area contributed by atoms with Gasteiger partial charge in [-0.15, -0.1) is 0 Å². The summed E-state index contributed by atoms with van der Waals surface area (Å²) >= 11 is 5.80. The number of nitrogens with one attached hydrogen (secondary N) is 2. The topological polar surface area (TPSA) is 93.8 Å². The number of fused-ring (bicyclic) bond motifs is 1. The van der Waals surface area contributed by atoms with E-state index in [2.05, 4.69) is 20.6 Å². The highest BCUT2D eigenvalue weighted by molar-refractivity contribution is 6.30. The van der Waals surface area contributed by atoms with Crippen LogP contribution in [0, 0.1) is 5.92 Å². The molecule has 1 fully saturated rings. The lowest BCUT2D eigenvalue weighted by Crippen LogP contribution is -2.39. The van der Waals surface area contributed by atoms with Gasteiger partial charge in [0.1, 0.15) is 12.4 Å². The van der Waals surface area contributed by atoms with Crippen molar-refractivity contribution < 1.29 is 31.1 Å². The van der Waals surface area contributed by atoms with Gasteiger partial charge in [-0.2, -0.15) is 26.3 Å². The monoisotopic (exact) mass is 626 g/mol. The van der Waals surface area contributed by atoms with Gasteiger partial charge in [0, 0.05) is 18.8 Å². The molecule has 5 rings (SSSR count). The Morgan fingerprint density at radius 2 is 1.65 bits per heavy atom. The molecule has 0 unspecified atom stereocenters. The van der Waals surface area contributed by atoms with Crippen LogP contribution >= 0.6 is 11.6 Å². The molecule has 1 aliphatic rings. The third-order valence-electron chi connectivity index (χ3n) is 7.30. The van der Waals surface area contributed by atoms with Crippen LogP contribution in [0.4, 0.5) is 32.2 Å². The Labute approximate surface area is 245 Å². The summed E-state index contributed by atoms with van der Waals surface area (Å²) in [6.07, 6.45) is -4.85. The molecule has 3 aromatic heterocycles. The number of hydrogen-bond acceptors (Lipinski definition) is 5. The Balaban J connectivity index is 1.28. The largest absolute Gasteiger partial charge is 0.434 e. The van der Waals surface area contributed by atoms with Crippen molar-refractivity contribution in [3.05, 3.63) is 81.6 Å². The molecule has 4 aromatic rings. The highest BCUT2D eigenvalue weighted by Gasteiger charge is 2.38. The van der Waals surface area contributed by atoms with Crippen LogP contribution in [0.1, 0.15) is 41.7 Å². The number of alkyl halides is 6. The van der Waals surface area contributed by atoms with E-state index in [-0.39, 0.29) is 28.5 Å². The highest BCUT2D eigenvalue weighted by Crippen LogP contribution is 2.32. The van der Waals surface area contributed by atoms with Crippen LogP contribution in [0.25, 0.3) is 16.7 Å². The number of nitrogens with zero attached hydrogens (tertiary/aromatic N) is 4. The SMILES string of the molecule is O=C(N[C@H]1CC[C@H](Cn2c(=O)n(-c3ccc(NCC(F)(F)F)nc3)c3ccccc32)CC1)c1cc(Cl)cnc1C(F)(F)F. The quantitative estimate of drug-likeness (QED) is 0.238. The minimum absolute atomic E-state index is 0.0166. The third-order valence-corrected chi connectivity index (χ3v) is 7.51. The fraction of sp³-hybridized carbons (Fsp3) is 0.357. The summed E-state index contributed by atoms with van der Waals surface area (Å²) in [5.41, 5.74) is -0.640. The van der Waals surface area contributed by atoms with Crippen LogP contribution in [0.15, 0.2) is 59.7 Å². The Bertz CT molecular complexity index is 1670. The fourth-order valence-corrected chi connectivity index (χ4v) is 5.45. The molecule has 8 nitrogen and oxygen atoms in total. The Morgan fingerprint density at radius 3 is 2.28 bits per heavy atom. The number of aromatic nitrogens is 4. The molecule has 1 aromatic carbocycles. The number of amides is 1. The average molecular weight is 627 g/mol. The zero-order valence-electron chi connectivity index (χ0n) is 22.3. The number of halogens is 7. The van der Waals surface area contributed by atoms with Crippen molar-refractivity contribution in [2.45, 2.75) is 50.6 Å². The van der Waals surface area contributed by atoms with Crippen LogP contribution in [0.2, 0.25) is 5.02 Å². The van der Waals surface area contributed by atoms with Gasteiger partial charge in [0.15, 0.2) is 5.69 Å². The summed E-state index contributed by atoms with van der Waals surface area (Å²) in [6, 6.07) is 10.6. The Hall–Kier alpha value is -4.07. The van der Waals surface area contributed by atoms with Gasteiger partial charge in [0.2, 0.25) is 0 Å². The molecule has 0 radical (unpaired) electrons. The maximum absolute atomic E-state index is 13.6. The van der Waals surface area contributed by atoms with Crippen molar-refractivity contribution in [3.8, 4) is 5.69 Å². The molecule has 1 aliphatic carbocycles. The molecule has 43 heavy (non-hydrogen) atoms. The number of benzene rings is 1. The number of anilines is 1. The lowest BCUT2D eigenvalue weighted by molar-refractivity contribution is -0.141. The van der Waals surface area contributed by atoms with E-state index >= 15 is 0 Å². The van der Waals surface area contributed by atoms with Gasteiger partial charge in [-0.25, -0.2) is 14.8 Å². The van der Waals surface area contributed by atoms with E-state index in [1.165, 1.54) is 22.9 Å². The Kier molecular flexibility index (Phi) is 8.41. The molecular formula is C28H25ClF6N6O2. The van der Waals surface area contributed by atoms with Gasteiger partial charge in [-0.05, 0) is 61.9 Å². The first-order chi connectivity index (χ1) is 20.3. The van der Waals surface area contributed by atoms with Gasteiger partial charge in [0.25, 0.3) is 5.91 Å². The minimum atomic E-state index is -4.82. The second-order valence-electron chi connectivity index (χ2n) is 10.3. The number of carbonyl (C=O) groups is 1. The molecule has 1 saturated carbocycles. The molecule has 0 bridgehead atoms. The summed E-state index contributed by atoms with van der Waals surface area (Å²) in [7, 11) is 0. The third kappa shape index (κ3) is 6.95. The number of rotatable bonds is 7. The second-order valence-corrected chi connectivity index (χ2v) is 10.8. The van der Waals surface area contributed by atoms with E-state index in [4.69, 9.17) is 11.6 Å². The number of pyridine rings is 2. The van der Waals surface area contributed by atoms with E-state index in [0.29, 0.717) is 48.9 Å². The Morgan fingerprint density at radius 1 is 0.953 bits per heavy atom. The smallest absolute Gasteiger partial charge is 0.361 e. The molecule has 0 atom stereocenters. The lowest BCUT2D eigenvalue weighted by Gasteiger charge is -2.29. The first-order valence-electron chi connectivity index (χ1n) is 13.3. The summed E-state index contributed by atoms with van der Waals surface area (Å²) in [4.78, 5) is 33.6. The van der Waals surface area contributed by atoms with Crippen molar-refractivity contribution in [3.63, 3.8) is 0 Å². The van der Waals surface area contributed by atoms with E-state index in [1.54, 1.807) is 28.8 Å². The molecule has 0 aliphatic heterocycles. The van der Waals surface area contributed by atoms with Crippen LogP contribution in [-0.2, 0) is 12.7 Å². The number of hydrogen-bond donors (Lipinski definition) is 2. The van der Waals surface area contributed by atoms with Gasteiger partial charge < -0.3 is 10.6 Å². The predicted molar refractivity (Wildman–Crippen MR) is 147 cm³/mol. The van der Waals surface area contributed by atoms with Gasteiger partial charge in [0.05, 0.1) is 33.5 Å². The molecule has 1 amide bonds. The molecule has 2 N–H and O–H groups in total. The minimum Gasteiger partial charge on any atom is -0.361 e. The van der Waals surface area contributed by atoms with Gasteiger partial charge >= 0.3 is 18.0 Å². The maximum atomic E-state index is 13.6. The fourth-order valence-electron chi connectivity index (χ4n) is 5.30. The summed E-state index contributed by atoms with van der Waals surface area (Å²) in [5.74, 6) is -0.836. The zero-order chi connectivity index (χ0) is 30.9. The van der Waals surface area contributed by atoms with Crippen LogP contribution < -0.4 is 16.3 Å². The highest BCUT2D eigenvalue weighted by atomic mass is 35.5. The molecule has 0 spiro atoms.